The molecule has 2 aromatic carbocycles. The van der Waals surface area contributed by atoms with E-state index in [-0.39, 0.29) is 17.9 Å². The maximum absolute atomic E-state index is 14.0. The van der Waals surface area contributed by atoms with Gasteiger partial charge in [0.15, 0.2) is 5.82 Å². The molecule has 2 amide bonds. The fourth-order valence-electron chi connectivity index (χ4n) is 6.68. The van der Waals surface area contributed by atoms with Crippen LogP contribution in [0.1, 0.15) is 65.1 Å². The van der Waals surface area contributed by atoms with E-state index in [0.717, 1.165) is 87.3 Å². The number of rotatable bonds is 12. The number of tetrazole rings is 1. The number of hydrogen-bond acceptors (Lipinski definition) is 8. The molecule has 0 spiro atoms. The number of nitrogens with one attached hydrogen (secondary N) is 2. The van der Waals surface area contributed by atoms with Crippen molar-refractivity contribution in [3.8, 4) is 0 Å². The standard InChI is InChI=1S/C34H44N8O2S/c1-25-12-13-27-23-30(45-29(27)21-25)32(43)36-34(14-6-7-15-34)33(44)35-28(22-26-9-4-3-5-10-26)11-8-16-41-17-19-42(20-18-41)24-31-37-39-40(2)38-31/h3-5,9-10,12-13,21,23,28H,6-8,11,14-20,22,24H2,1-2H3,(H,35,44)(H,36,43)/t28-/m0/s1. The lowest BCUT2D eigenvalue weighted by atomic mass is 9.94. The van der Waals surface area contributed by atoms with Crippen molar-refractivity contribution in [3.63, 3.8) is 0 Å². The van der Waals surface area contributed by atoms with Crippen LogP contribution in [-0.4, -0.2) is 86.1 Å². The van der Waals surface area contributed by atoms with Crippen LogP contribution < -0.4 is 10.6 Å². The fourth-order valence-corrected chi connectivity index (χ4v) is 7.74. The predicted molar refractivity (Wildman–Crippen MR) is 177 cm³/mol. The minimum Gasteiger partial charge on any atom is -0.351 e. The average Bonchev–Trinajstić information content (AvgIpc) is 3.79. The zero-order chi connectivity index (χ0) is 31.2. The van der Waals surface area contributed by atoms with E-state index in [1.54, 1.807) is 7.05 Å². The average molecular weight is 629 g/mol. The van der Waals surface area contributed by atoms with E-state index >= 15 is 0 Å². The Kier molecular flexibility index (Phi) is 9.87. The maximum Gasteiger partial charge on any atom is 0.262 e. The summed E-state index contributed by atoms with van der Waals surface area (Å²) >= 11 is 1.49. The lowest BCUT2D eigenvalue weighted by Gasteiger charge is -2.34. The normalized spacial score (nSPS) is 17.8. The molecule has 1 aliphatic carbocycles. The van der Waals surface area contributed by atoms with Crippen LogP contribution >= 0.6 is 11.3 Å². The first-order valence-corrected chi connectivity index (χ1v) is 17.0. The summed E-state index contributed by atoms with van der Waals surface area (Å²) in [5, 5.41) is 20.1. The zero-order valence-electron chi connectivity index (χ0n) is 26.4. The predicted octanol–water partition coefficient (Wildman–Crippen LogP) is 4.10. The Bertz CT molecular complexity index is 1590. The number of aromatic nitrogens is 4. The fraction of sp³-hybridized carbons (Fsp3) is 0.500. The Morgan fingerprint density at radius 3 is 2.49 bits per heavy atom. The molecule has 45 heavy (non-hydrogen) atoms. The van der Waals surface area contributed by atoms with Gasteiger partial charge >= 0.3 is 0 Å². The first-order chi connectivity index (χ1) is 21.8. The molecule has 11 heteroatoms. The lowest BCUT2D eigenvalue weighted by molar-refractivity contribution is -0.128. The van der Waals surface area contributed by atoms with E-state index in [9.17, 15) is 9.59 Å². The molecule has 2 aliphatic rings. The highest BCUT2D eigenvalue weighted by Gasteiger charge is 2.43. The van der Waals surface area contributed by atoms with Crippen LogP contribution in [0, 0.1) is 6.92 Å². The number of thiophene rings is 1. The maximum atomic E-state index is 14.0. The molecule has 1 aliphatic heterocycles. The number of fused-ring (bicyclic) bond motifs is 1. The van der Waals surface area contributed by atoms with Crippen LogP contribution in [0.3, 0.4) is 0 Å². The molecule has 4 aromatic rings. The van der Waals surface area contributed by atoms with Gasteiger partial charge in [0.05, 0.1) is 18.5 Å². The quantitative estimate of drug-likeness (QED) is 0.243. The summed E-state index contributed by atoms with van der Waals surface area (Å²) in [6.45, 7) is 7.74. The molecular formula is C34H44N8O2S. The van der Waals surface area contributed by atoms with Crippen molar-refractivity contribution in [3.05, 3.63) is 76.4 Å². The van der Waals surface area contributed by atoms with Gasteiger partial charge < -0.3 is 15.5 Å². The molecule has 1 atom stereocenters. The molecule has 2 fully saturated rings. The molecule has 10 nitrogen and oxygen atoms in total. The Balaban J connectivity index is 1.06. The van der Waals surface area contributed by atoms with Gasteiger partial charge in [-0.2, -0.15) is 4.80 Å². The first kappa shape index (κ1) is 31.3. The van der Waals surface area contributed by atoms with Crippen LogP contribution in [0.5, 0.6) is 0 Å². The number of piperazine rings is 1. The number of amides is 2. The third kappa shape index (κ3) is 7.95. The third-order valence-corrected chi connectivity index (χ3v) is 10.3. The molecule has 2 N–H and O–H groups in total. The molecule has 238 valence electrons. The number of benzene rings is 2. The molecule has 6 rings (SSSR count). The molecule has 1 saturated carbocycles. The minimum atomic E-state index is -0.869. The van der Waals surface area contributed by atoms with Crippen molar-refractivity contribution in [2.75, 3.05) is 32.7 Å². The molecule has 2 aromatic heterocycles. The molecular weight excluding hydrogens is 584 g/mol. The summed E-state index contributed by atoms with van der Waals surface area (Å²) < 4.78 is 1.09. The van der Waals surface area contributed by atoms with Crippen LogP contribution in [0.25, 0.3) is 10.1 Å². The summed E-state index contributed by atoms with van der Waals surface area (Å²) in [4.78, 5) is 34.6. The summed E-state index contributed by atoms with van der Waals surface area (Å²) in [6, 6.07) is 18.5. The second-order valence-electron chi connectivity index (χ2n) is 12.7. The van der Waals surface area contributed by atoms with Crippen molar-refractivity contribution >= 4 is 33.2 Å². The van der Waals surface area contributed by atoms with Crippen LogP contribution in [0.15, 0.2) is 54.6 Å². The van der Waals surface area contributed by atoms with Gasteiger partial charge in [0, 0.05) is 36.9 Å². The van der Waals surface area contributed by atoms with E-state index in [0.29, 0.717) is 17.7 Å². The van der Waals surface area contributed by atoms with E-state index in [1.165, 1.54) is 27.3 Å². The van der Waals surface area contributed by atoms with Crippen molar-refractivity contribution in [1.82, 2.24) is 40.6 Å². The van der Waals surface area contributed by atoms with Crippen molar-refractivity contribution in [2.24, 2.45) is 7.05 Å². The van der Waals surface area contributed by atoms with Gasteiger partial charge in [0.1, 0.15) is 5.54 Å². The summed E-state index contributed by atoms with van der Waals surface area (Å²) in [5.41, 5.74) is 1.51. The Morgan fingerprint density at radius 2 is 1.76 bits per heavy atom. The number of hydrogen-bond donors (Lipinski definition) is 2. The van der Waals surface area contributed by atoms with Gasteiger partial charge in [-0.1, -0.05) is 55.3 Å². The lowest BCUT2D eigenvalue weighted by Crippen LogP contribution is -2.59. The number of aryl methyl sites for hydroxylation is 2. The topological polar surface area (TPSA) is 108 Å². The van der Waals surface area contributed by atoms with Gasteiger partial charge in [-0.25, -0.2) is 0 Å². The van der Waals surface area contributed by atoms with Crippen molar-refractivity contribution in [2.45, 2.75) is 70.0 Å². The monoisotopic (exact) mass is 628 g/mol. The highest BCUT2D eigenvalue weighted by atomic mass is 32.1. The first-order valence-electron chi connectivity index (χ1n) is 16.2. The second kappa shape index (κ2) is 14.2. The highest BCUT2D eigenvalue weighted by Crippen LogP contribution is 2.32. The minimum absolute atomic E-state index is 0.00871. The summed E-state index contributed by atoms with van der Waals surface area (Å²) in [6.07, 6.45) is 5.84. The molecule has 0 radical (unpaired) electrons. The number of carbonyl (C=O) groups is 2. The number of carbonyl (C=O) groups excluding carboxylic acids is 2. The molecule has 0 unspecified atom stereocenters. The van der Waals surface area contributed by atoms with Gasteiger partial charge in [0.2, 0.25) is 5.91 Å². The second-order valence-corrected chi connectivity index (χ2v) is 13.8. The largest absolute Gasteiger partial charge is 0.351 e. The Labute approximate surface area is 269 Å². The Hall–Kier alpha value is -3.67. The summed E-state index contributed by atoms with van der Waals surface area (Å²) in [7, 11) is 1.79. The van der Waals surface area contributed by atoms with Crippen LogP contribution in [-0.2, 0) is 24.8 Å². The smallest absolute Gasteiger partial charge is 0.262 e. The van der Waals surface area contributed by atoms with Gasteiger partial charge in [-0.15, -0.1) is 21.5 Å². The van der Waals surface area contributed by atoms with Crippen molar-refractivity contribution in [1.29, 1.82) is 0 Å². The van der Waals surface area contributed by atoms with Crippen LogP contribution in [0.4, 0.5) is 0 Å². The van der Waals surface area contributed by atoms with Gasteiger partial charge in [0.25, 0.3) is 5.91 Å². The van der Waals surface area contributed by atoms with E-state index in [1.807, 2.05) is 12.1 Å². The molecule has 0 bridgehead atoms. The number of nitrogens with zero attached hydrogens (tertiary/aromatic N) is 6. The van der Waals surface area contributed by atoms with E-state index < -0.39 is 5.54 Å². The zero-order valence-corrected chi connectivity index (χ0v) is 27.2. The summed E-state index contributed by atoms with van der Waals surface area (Å²) in [5.74, 6) is 0.567. The van der Waals surface area contributed by atoms with Gasteiger partial charge in [-0.05, 0) is 79.4 Å². The van der Waals surface area contributed by atoms with Crippen molar-refractivity contribution < 1.29 is 9.59 Å². The van der Waals surface area contributed by atoms with E-state index in [4.69, 9.17) is 0 Å². The SMILES string of the molecule is Cc1ccc2cc(C(=O)NC3(C(=O)N[C@@H](CCCN4CCN(Cc5nnn(C)n5)CC4)Cc4ccccc4)CCCC3)sc2c1. The highest BCUT2D eigenvalue weighted by molar-refractivity contribution is 7.20. The Morgan fingerprint density at radius 1 is 1.00 bits per heavy atom. The molecule has 3 heterocycles. The third-order valence-electron chi connectivity index (χ3n) is 9.21. The van der Waals surface area contributed by atoms with E-state index in [2.05, 4.69) is 85.2 Å². The molecule has 1 saturated heterocycles. The van der Waals surface area contributed by atoms with Gasteiger partial charge in [-0.3, -0.25) is 14.5 Å². The van der Waals surface area contributed by atoms with Crippen LogP contribution in [0.2, 0.25) is 0 Å².